The van der Waals surface area contributed by atoms with Crippen LogP contribution in [0.3, 0.4) is 0 Å². The summed E-state index contributed by atoms with van der Waals surface area (Å²) >= 11 is 0. The average molecular weight is 427 g/mol. The fraction of sp³-hybridized carbons (Fsp3) is 0.231. The van der Waals surface area contributed by atoms with Crippen molar-refractivity contribution in [2.45, 2.75) is 26.0 Å². The molecule has 2 heterocycles. The van der Waals surface area contributed by atoms with Crippen LogP contribution in [0.2, 0.25) is 0 Å². The van der Waals surface area contributed by atoms with E-state index in [9.17, 15) is 4.79 Å². The summed E-state index contributed by atoms with van der Waals surface area (Å²) < 4.78 is 7.86. The zero-order valence-electron chi connectivity index (χ0n) is 17.9. The quantitative estimate of drug-likeness (QED) is 0.459. The Morgan fingerprint density at radius 2 is 1.62 bits per heavy atom. The number of para-hydroxylation sites is 5. The molecule has 1 aromatic heterocycles. The van der Waals surface area contributed by atoms with Gasteiger partial charge in [-0.25, -0.2) is 4.98 Å². The molecule has 1 aliphatic heterocycles. The Bertz CT molecular complexity index is 1210. The Morgan fingerprint density at radius 1 is 0.906 bits per heavy atom. The lowest BCUT2D eigenvalue weighted by molar-refractivity contribution is -0.116. The van der Waals surface area contributed by atoms with E-state index in [1.807, 2.05) is 77.4 Å². The molecule has 1 saturated heterocycles. The number of rotatable bonds is 7. The Morgan fingerprint density at radius 3 is 2.47 bits per heavy atom. The van der Waals surface area contributed by atoms with Gasteiger partial charge in [0.2, 0.25) is 5.91 Å². The molecule has 4 aromatic rings. The van der Waals surface area contributed by atoms with Crippen molar-refractivity contribution in [2.75, 3.05) is 23.3 Å². The van der Waals surface area contributed by atoms with Gasteiger partial charge < -0.3 is 19.5 Å². The van der Waals surface area contributed by atoms with E-state index in [2.05, 4.69) is 16.3 Å². The van der Waals surface area contributed by atoms with Crippen molar-refractivity contribution in [3.8, 4) is 5.75 Å². The lowest BCUT2D eigenvalue weighted by Crippen LogP contribution is -2.24. The maximum atomic E-state index is 13.1. The minimum absolute atomic E-state index is 0.0826. The van der Waals surface area contributed by atoms with Crippen LogP contribution in [-0.4, -0.2) is 28.5 Å². The third-order valence-electron chi connectivity index (χ3n) is 5.77. The number of carbonyl (C=O) groups excluding carboxylic acids is 1. The largest absolute Gasteiger partial charge is 0.486 e. The second kappa shape index (κ2) is 9.14. The molecule has 0 atom stereocenters. The van der Waals surface area contributed by atoms with Crippen LogP contribution >= 0.6 is 0 Å². The molecule has 1 aliphatic rings. The second-order valence-corrected chi connectivity index (χ2v) is 7.96. The average Bonchev–Trinajstić information content (AvgIpc) is 3.48. The van der Waals surface area contributed by atoms with Crippen LogP contribution in [0.1, 0.15) is 18.7 Å². The van der Waals surface area contributed by atoms with Crippen molar-refractivity contribution in [2.24, 2.45) is 0 Å². The van der Waals surface area contributed by atoms with Crippen LogP contribution in [0.25, 0.3) is 11.0 Å². The van der Waals surface area contributed by atoms with E-state index in [4.69, 9.17) is 9.72 Å². The molecule has 1 N–H and O–H groups in total. The van der Waals surface area contributed by atoms with Gasteiger partial charge in [0.25, 0.3) is 0 Å². The van der Waals surface area contributed by atoms with Gasteiger partial charge in [0.15, 0.2) is 0 Å². The molecule has 0 saturated carbocycles. The number of amides is 1. The highest BCUT2D eigenvalue weighted by Gasteiger charge is 2.18. The molecule has 0 bridgehead atoms. The highest BCUT2D eigenvalue weighted by molar-refractivity contribution is 5.95. The molecule has 0 radical (unpaired) electrons. The highest BCUT2D eigenvalue weighted by Crippen LogP contribution is 2.29. The standard InChI is InChI=1S/C26H26N4O2/c31-26(28-21-12-4-6-14-23(21)29-16-8-9-17-29)18-30-24-15-7-5-13-22(24)27-25(30)19-32-20-10-2-1-3-11-20/h1-7,10-15H,8-9,16-19H2,(H,28,31). The zero-order chi connectivity index (χ0) is 21.8. The molecule has 0 aliphatic carbocycles. The van der Waals surface area contributed by atoms with Crippen molar-refractivity contribution in [1.82, 2.24) is 9.55 Å². The number of carbonyl (C=O) groups is 1. The van der Waals surface area contributed by atoms with Crippen LogP contribution < -0.4 is 15.0 Å². The first-order valence-electron chi connectivity index (χ1n) is 11.0. The number of aromatic nitrogens is 2. The van der Waals surface area contributed by atoms with Gasteiger partial charge in [0, 0.05) is 13.1 Å². The number of benzene rings is 3. The Hall–Kier alpha value is -3.80. The SMILES string of the molecule is O=C(Cn1c(COc2ccccc2)nc2ccccc21)Nc1ccccc1N1CCCC1. The Balaban J connectivity index is 1.37. The van der Waals surface area contributed by atoms with Gasteiger partial charge >= 0.3 is 0 Å². The maximum Gasteiger partial charge on any atom is 0.244 e. The molecule has 32 heavy (non-hydrogen) atoms. The highest BCUT2D eigenvalue weighted by atomic mass is 16.5. The van der Waals surface area contributed by atoms with Crippen LogP contribution in [-0.2, 0) is 17.9 Å². The van der Waals surface area contributed by atoms with Gasteiger partial charge in [-0.05, 0) is 49.2 Å². The van der Waals surface area contributed by atoms with Gasteiger partial charge in [-0.1, -0.05) is 42.5 Å². The van der Waals surface area contributed by atoms with Crippen LogP contribution in [0.4, 0.5) is 11.4 Å². The van der Waals surface area contributed by atoms with Gasteiger partial charge in [-0.3, -0.25) is 4.79 Å². The van der Waals surface area contributed by atoms with E-state index >= 15 is 0 Å². The predicted molar refractivity (Wildman–Crippen MR) is 127 cm³/mol. The van der Waals surface area contributed by atoms with Crippen molar-refractivity contribution in [3.63, 3.8) is 0 Å². The summed E-state index contributed by atoms with van der Waals surface area (Å²) in [6.45, 7) is 2.51. The normalized spacial score (nSPS) is 13.4. The summed E-state index contributed by atoms with van der Waals surface area (Å²) in [5, 5.41) is 3.12. The van der Waals surface area contributed by atoms with Crippen LogP contribution in [0.15, 0.2) is 78.9 Å². The molecular formula is C26H26N4O2. The summed E-state index contributed by atoms with van der Waals surface area (Å²) in [5.74, 6) is 1.41. The maximum absolute atomic E-state index is 13.1. The molecule has 5 rings (SSSR count). The van der Waals surface area contributed by atoms with E-state index in [0.717, 1.165) is 47.1 Å². The monoisotopic (exact) mass is 426 g/mol. The molecule has 1 amide bonds. The smallest absolute Gasteiger partial charge is 0.244 e. The molecule has 6 nitrogen and oxygen atoms in total. The number of nitrogens with zero attached hydrogens (tertiary/aromatic N) is 3. The number of fused-ring (bicyclic) bond motifs is 1. The van der Waals surface area contributed by atoms with Crippen LogP contribution in [0.5, 0.6) is 5.75 Å². The summed E-state index contributed by atoms with van der Waals surface area (Å²) in [6, 6.07) is 25.5. The minimum atomic E-state index is -0.0826. The van der Waals surface area contributed by atoms with Crippen LogP contribution in [0, 0.1) is 0 Å². The number of hydrogen-bond donors (Lipinski definition) is 1. The fourth-order valence-corrected chi connectivity index (χ4v) is 4.22. The van der Waals surface area contributed by atoms with Gasteiger partial charge in [0.05, 0.1) is 22.4 Å². The predicted octanol–water partition coefficient (Wildman–Crippen LogP) is 4.85. The van der Waals surface area contributed by atoms with Crippen molar-refractivity contribution in [1.29, 1.82) is 0 Å². The molecule has 1 fully saturated rings. The summed E-state index contributed by atoms with van der Waals surface area (Å²) in [5.41, 5.74) is 3.71. The van der Waals surface area contributed by atoms with Crippen molar-refractivity contribution in [3.05, 3.63) is 84.7 Å². The molecule has 162 valence electrons. The number of nitrogens with one attached hydrogen (secondary N) is 1. The van der Waals surface area contributed by atoms with E-state index < -0.39 is 0 Å². The van der Waals surface area contributed by atoms with Gasteiger partial charge in [-0.2, -0.15) is 0 Å². The number of hydrogen-bond acceptors (Lipinski definition) is 4. The topological polar surface area (TPSA) is 59.4 Å². The number of imidazole rings is 1. The van der Waals surface area contributed by atoms with E-state index in [1.54, 1.807) is 0 Å². The zero-order valence-corrected chi connectivity index (χ0v) is 17.9. The van der Waals surface area contributed by atoms with Gasteiger partial charge in [0.1, 0.15) is 24.7 Å². The van der Waals surface area contributed by atoms with E-state index in [0.29, 0.717) is 0 Å². The van der Waals surface area contributed by atoms with E-state index in [-0.39, 0.29) is 19.1 Å². The van der Waals surface area contributed by atoms with Crippen molar-refractivity contribution >= 4 is 28.3 Å². The summed E-state index contributed by atoms with van der Waals surface area (Å²) in [7, 11) is 0. The third-order valence-corrected chi connectivity index (χ3v) is 5.77. The summed E-state index contributed by atoms with van der Waals surface area (Å²) in [4.78, 5) is 20.2. The molecule has 6 heteroatoms. The third kappa shape index (κ3) is 4.30. The molecule has 0 spiro atoms. The minimum Gasteiger partial charge on any atom is -0.486 e. The fourth-order valence-electron chi connectivity index (χ4n) is 4.22. The first kappa shape index (κ1) is 20.1. The molecule has 0 unspecified atom stereocenters. The lowest BCUT2D eigenvalue weighted by atomic mass is 10.2. The van der Waals surface area contributed by atoms with E-state index in [1.165, 1.54) is 12.8 Å². The van der Waals surface area contributed by atoms with Gasteiger partial charge in [-0.15, -0.1) is 0 Å². The number of ether oxygens (including phenoxy) is 1. The Labute approximate surface area is 187 Å². The Kier molecular flexibility index (Phi) is 5.75. The number of anilines is 2. The van der Waals surface area contributed by atoms with Crippen molar-refractivity contribution < 1.29 is 9.53 Å². The molecular weight excluding hydrogens is 400 g/mol. The first-order chi connectivity index (χ1) is 15.8. The first-order valence-corrected chi connectivity index (χ1v) is 11.0. The summed E-state index contributed by atoms with van der Waals surface area (Å²) in [6.07, 6.45) is 2.38. The second-order valence-electron chi connectivity index (χ2n) is 7.96. The molecule has 3 aromatic carbocycles. The lowest BCUT2D eigenvalue weighted by Gasteiger charge is -2.21.